The maximum atomic E-state index is 13.0. The van der Waals surface area contributed by atoms with Gasteiger partial charge in [-0.25, -0.2) is 9.67 Å². The molecule has 4 rings (SSSR count). The molecule has 0 bridgehead atoms. The van der Waals surface area contributed by atoms with Crippen molar-refractivity contribution in [1.82, 2.24) is 24.6 Å². The highest BCUT2D eigenvalue weighted by Crippen LogP contribution is 2.29. The summed E-state index contributed by atoms with van der Waals surface area (Å²) in [4.78, 5) is 33.0. The van der Waals surface area contributed by atoms with E-state index >= 15 is 0 Å². The van der Waals surface area contributed by atoms with Crippen LogP contribution in [0.3, 0.4) is 0 Å². The van der Waals surface area contributed by atoms with Crippen molar-refractivity contribution in [3.8, 4) is 5.75 Å². The summed E-state index contributed by atoms with van der Waals surface area (Å²) in [6.45, 7) is 2.05. The zero-order chi connectivity index (χ0) is 20.9. The lowest BCUT2D eigenvalue weighted by atomic mass is 10.2. The Labute approximate surface area is 175 Å². The Bertz CT molecular complexity index is 868. The van der Waals surface area contributed by atoms with Crippen molar-refractivity contribution in [1.29, 1.82) is 0 Å². The van der Waals surface area contributed by atoms with E-state index in [4.69, 9.17) is 9.47 Å². The quantitative estimate of drug-likeness (QED) is 0.640. The molecule has 0 radical (unpaired) electrons. The molecule has 2 heterocycles. The van der Waals surface area contributed by atoms with E-state index in [-0.39, 0.29) is 31.0 Å². The second kappa shape index (κ2) is 9.25. The highest BCUT2D eigenvalue weighted by molar-refractivity contribution is 5.85. The molecule has 160 valence electrons. The standard InChI is InChI=1S/C21H27N5O4/c1-29-18-4-2-3-17(7-18)8-24-9-19(30-13-16-5-6-16)10-25(11-20(24)27)21(28)12-26-15-22-14-23-26/h2-4,7,14-16,19H,5-6,8-13H2,1H3/t19-/m1/s1. The molecule has 1 aromatic carbocycles. The predicted octanol–water partition coefficient (Wildman–Crippen LogP) is 0.953. The maximum Gasteiger partial charge on any atom is 0.244 e. The van der Waals surface area contributed by atoms with Crippen LogP contribution >= 0.6 is 0 Å². The summed E-state index contributed by atoms with van der Waals surface area (Å²) in [7, 11) is 1.62. The van der Waals surface area contributed by atoms with E-state index < -0.39 is 0 Å². The normalized spacial score (nSPS) is 19.6. The lowest BCUT2D eigenvalue weighted by Crippen LogP contribution is -2.41. The van der Waals surface area contributed by atoms with E-state index in [2.05, 4.69) is 10.1 Å². The number of ether oxygens (including phenoxy) is 2. The molecule has 1 aliphatic heterocycles. The van der Waals surface area contributed by atoms with Crippen LogP contribution in [-0.2, 0) is 27.4 Å². The van der Waals surface area contributed by atoms with Crippen molar-refractivity contribution < 1.29 is 19.1 Å². The minimum atomic E-state index is -0.220. The van der Waals surface area contributed by atoms with Gasteiger partial charge >= 0.3 is 0 Å². The molecule has 1 saturated heterocycles. The molecule has 1 atom stereocenters. The number of hydrogen-bond donors (Lipinski definition) is 0. The van der Waals surface area contributed by atoms with E-state index in [1.165, 1.54) is 30.2 Å². The molecule has 2 aliphatic rings. The fraction of sp³-hybridized carbons (Fsp3) is 0.524. The largest absolute Gasteiger partial charge is 0.497 e. The Morgan fingerprint density at radius 3 is 2.87 bits per heavy atom. The van der Waals surface area contributed by atoms with E-state index in [1.807, 2.05) is 24.3 Å². The van der Waals surface area contributed by atoms with Crippen LogP contribution in [-0.4, -0.2) is 75.8 Å². The first-order valence-electron chi connectivity index (χ1n) is 10.2. The average molecular weight is 413 g/mol. The van der Waals surface area contributed by atoms with Gasteiger partial charge in [0.05, 0.1) is 19.8 Å². The Morgan fingerprint density at radius 1 is 1.27 bits per heavy atom. The van der Waals surface area contributed by atoms with Gasteiger partial charge in [-0.1, -0.05) is 12.1 Å². The van der Waals surface area contributed by atoms with Crippen LogP contribution in [0.4, 0.5) is 0 Å². The highest BCUT2D eigenvalue weighted by atomic mass is 16.5. The third kappa shape index (κ3) is 5.35. The van der Waals surface area contributed by atoms with Crippen LogP contribution in [0.1, 0.15) is 18.4 Å². The summed E-state index contributed by atoms with van der Waals surface area (Å²) in [5.74, 6) is 1.09. The van der Waals surface area contributed by atoms with Gasteiger partial charge in [0.2, 0.25) is 11.8 Å². The SMILES string of the molecule is COc1cccc(CN2C[C@@H](OCC3CC3)CN(C(=O)Cn3cncn3)CC2=O)c1. The van der Waals surface area contributed by atoms with Gasteiger partial charge in [-0.15, -0.1) is 0 Å². The second-order valence-electron chi connectivity index (χ2n) is 7.89. The number of hydrogen-bond acceptors (Lipinski definition) is 6. The number of aromatic nitrogens is 3. The topological polar surface area (TPSA) is 89.8 Å². The first-order chi connectivity index (χ1) is 14.6. The van der Waals surface area contributed by atoms with Crippen molar-refractivity contribution >= 4 is 11.8 Å². The lowest BCUT2D eigenvalue weighted by Gasteiger charge is -2.25. The van der Waals surface area contributed by atoms with Crippen molar-refractivity contribution in [2.45, 2.75) is 32.0 Å². The number of amides is 2. The summed E-state index contributed by atoms with van der Waals surface area (Å²) >= 11 is 0. The fourth-order valence-corrected chi connectivity index (χ4v) is 3.53. The second-order valence-corrected chi connectivity index (χ2v) is 7.89. The van der Waals surface area contributed by atoms with Crippen LogP contribution < -0.4 is 4.74 Å². The third-order valence-electron chi connectivity index (χ3n) is 5.42. The van der Waals surface area contributed by atoms with Gasteiger partial charge in [-0.3, -0.25) is 9.59 Å². The van der Waals surface area contributed by atoms with Crippen molar-refractivity contribution in [2.75, 3.05) is 33.4 Å². The average Bonchev–Trinajstić information content (AvgIpc) is 3.47. The van der Waals surface area contributed by atoms with E-state index in [0.29, 0.717) is 32.2 Å². The molecule has 9 nitrogen and oxygen atoms in total. The van der Waals surface area contributed by atoms with Crippen LogP contribution in [0.2, 0.25) is 0 Å². The molecule has 0 N–H and O–H groups in total. The summed E-state index contributed by atoms with van der Waals surface area (Å²) in [6.07, 6.45) is 5.04. The molecular weight excluding hydrogens is 386 g/mol. The summed E-state index contributed by atoms with van der Waals surface area (Å²) in [5.41, 5.74) is 0.978. The molecule has 1 saturated carbocycles. The summed E-state index contributed by atoms with van der Waals surface area (Å²) < 4.78 is 12.9. The van der Waals surface area contributed by atoms with Gasteiger partial charge in [0.1, 0.15) is 24.9 Å². The van der Waals surface area contributed by atoms with Gasteiger partial charge in [0, 0.05) is 26.2 Å². The molecule has 30 heavy (non-hydrogen) atoms. The molecule has 0 unspecified atom stereocenters. The van der Waals surface area contributed by atoms with Gasteiger partial charge in [0.25, 0.3) is 0 Å². The molecule has 0 spiro atoms. The molecule has 2 fully saturated rings. The molecular formula is C21H27N5O4. The molecule has 1 aliphatic carbocycles. The molecule has 1 aromatic heterocycles. The Kier molecular flexibility index (Phi) is 6.27. The van der Waals surface area contributed by atoms with Crippen LogP contribution in [0.15, 0.2) is 36.9 Å². The Hall–Kier alpha value is -2.94. The lowest BCUT2D eigenvalue weighted by molar-refractivity contribution is -0.139. The first kappa shape index (κ1) is 20.3. The minimum absolute atomic E-state index is 0.0286. The summed E-state index contributed by atoms with van der Waals surface area (Å²) in [6, 6.07) is 7.67. The minimum Gasteiger partial charge on any atom is -0.497 e. The Morgan fingerprint density at radius 2 is 2.13 bits per heavy atom. The number of methoxy groups -OCH3 is 1. The van der Waals surface area contributed by atoms with Crippen LogP contribution in [0.5, 0.6) is 5.75 Å². The molecule has 2 aromatic rings. The zero-order valence-corrected chi connectivity index (χ0v) is 17.1. The van der Waals surface area contributed by atoms with E-state index in [0.717, 1.165) is 11.3 Å². The number of carbonyl (C=O) groups excluding carboxylic acids is 2. The smallest absolute Gasteiger partial charge is 0.244 e. The van der Waals surface area contributed by atoms with Crippen molar-refractivity contribution in [2.24, 2.45) is 5.92 Å². The molecule has 9 heteroatoms. The summed E-state index contributed by atoms with van der Waals surface area (Å²) in [5, 5.41) is 3.99. The fourth-order valence-electron chi connectivity index (χ4n) is 3.53. The van der Waals surface area contributed by atoms with Gasteiger partial charge < -0.3 is 19.3 Å². The van der Waals surface area contributed by atoms with E-state index in [9.17, 15) is 9.59 Å². The number of rotatable bonds is 8. The van der Waals surface area contributed by atoms with Gasteiger partial charge in [0.15, 0.2) is 0 Å². The monoisotopic (exact) mass is 413 g/mol. The molecule has 2 amide bonds. The zero-order valence-electron chi connectivity index (χ0n) is 17.1. The van der Waals surface area contributed by atoms with Crippen LogP contribution in [0, 0.1) is 5.92 Å². The third-order valence-corrected chi connectivity index (χ3v) is 5.42. The number of carbonyl (C=O) groups is 2. The van der Waals surface area contributed by atoms with Gasteiger partial charge in [-0.2, -0.15) is 5.10 Å². The maximum absolute atomic E-state index is 13.0. The van der Waals surface area contributed by atoms with E-state index in [1.54, 1.807) is 16.9 Å². The highest BCUT2D eigenvalue weighted by Gasteiger charge is 2.32. The Balaban J connectivity index is 1.47. The van der Waals surface area contributed by atoms with Crippen molar-refractivity contribution in [3.63, 3.8) is 0 Å². The number of nitrogens with zero attached hydrogens (tertiary/aromatic N) is 5. The first-order valence-corrected chi connectivity index (χ1v) is 10.2. The van der Waals surface area contributed by atoms with Gasteiger partial charge in [-0.05, 0) is 36.5 Å². The predicted molar refractivity (Wildman–Crippen MR) is 107 cm³/mol. The number of benzene rings is 1. The van der Waals surface area contributed by atoms with Crippen molar-refractivity contribution in [3.05, 3.63) is 42.5 Å². The van der Waals surface area contributed by atoms with Crippen LogP contribution in [0.25, 0.3) is 0 Å².